The number of hydrogen-bond donors (Lipinski definition) is 1. The van der Waals surface area contributed by atoms with Gasteiger partial charge in [0.15, 0.2) is 0 Å². The second-order valence-electron chi connectivity index (χ2n) is 4.67. The van der Waals surface area contributed by atoms with Crippen molar-refractivity contribution in [1.82, 2.24) is 15.1 Å². The van der Waals surface area contributed by atoms with Crippen LogP contribution >= 0.6 is 11.3 Å². The normalized spacial score (nSPS) is 12.8. The molecule has 2 heterocycles. The number of nitrogens with one attached hydrogen (secondary N) is 1. The third-order valence-corrected chi connectivity index (χ3v) is 4.00. The third kappa shape index (κ3) is 3.25. The minimum Gasteiger partial charge on any atom is -0.305 e. The van der Waals surface area contributed by atoms with Gasteiger partial charge < -0.3 is 5.32 Å². The molecule has 0 aromatic carbocycles. The number of thiophene rings is 1. The number of aromatic nitrogens is 2. The third-order valence-electron chi connectivity index (χ3n) is 3.29. The van der Waals surface area contributed by atoms with Gasteiger partial charge in [0.1, 0.15) is 0 Å². The average Bonchev–Trinajstić information content (AvgIpc) is 3.08. The molecule has 0 aliphatic carbocycles. The van der Waals surface area contributed by atoms with Gasteiger partial charge in [-0.3, -0.25) is 4.68 Å². The first kappa shape index (κ1) is 14.3. The molecule has 0 saturated carbocycles. The summed E-state index contributed by atoms with van der Waals surface area (Å²) in [7, 11) is 0. The Morgan fingerprint density at radius 2 is 2.21 bits per heavy atom. The summed E-state index contributed by atoms with van der Waals surface area (Å²) in [5.74, 6) is 0. The van der Waals surface area contributed by atoms with Crippen molar-refractivity contribution >= 4 is 11.3 Å². The number of hydrogen-bond acceptors (Lipinski definition) is 3. The maximum Gasteiger partial charge on any atom is 0.0756 e. The first-order valence-electron chi connectivity index (χ1n) is 7.12. The highest BCUT2D eigenvalue weighted by Crippen LogP contribution is 2.25. The highest BCUT2D eigenvalue weighted by Gasteiger charge is 2.19. The Bertz CT molecular complexity index is 487. The zero-order chi connectivity index (χ0) is 13.7. The molecule has 0 aliphatic heterocycles. The van der Waals surface area contributed by atoms with Crippen LogP contribution in [0.2, 0.25) is 0 Å². The van der Waals surface area contributed by atoms with Crippen LogP contribution in [0.25, 0.3) is 0 Å². The van der Waals surface area contributed by atoms with Crippen molar-refractivity contribution in [2.24, 2.45) is 0 Å². The molecule has 104 valence electrons. The van der Waals surface area contributed by atoms with E-state index < -0.39 is 0 Å². The van der Waals surface area contributed by atoms with Crippen LogP contribution in [0.5, 0.6) is 0 Å². The van der Waals surface area contributed by atoms with Crippen LogP contribution in [0.4, 0.5) is 0 Å². The summed E-state index contributed by atoms with van der Waals surface area (Å²) in [4.78, 5) is 0. The number of rotatable bonds is 7. The lowest BCUT2D eigenvalue weighted by atomic mass is 10.1. The Morgan fingerprint density at radius 3 is 2.79 bits per heavy atom. The molecule has 0 bridgehead atoms. The van der Waals surface area contributed by atoms with Crippen molar-refractivity contribution in [3.63, 3.8) is 0 Å². The van der Waals surface area contributed by atoms with E-state index in [1.165, 1.54) is 17.0 Å². The van der Waals surface area contributed by atoms with Crippen LogP contribution < -0.4 is 5.32 Å². The van der Waals surface area contributed by atoms with E-state index in [1.807, 2.05) is 0 Å². The van der Waals surface area contributed by atoms with Crippen LogP contribution in [0.3, 0.4) is 0 Å². The largest absolute Gasteiger partial charge is 0.305 e. The molecule has 0 fully saturated rings. The lowest BCUT2D eigenvalue weighted by molar-refractivity contribution is 0.529. The summed E-state index contributed by atoms with van der Waals surface area (Å²) >= 11 is 1.75. The van der Waals surface area contributed by atoms with Gasteiger partial charge in [0.2, 0.25) is 0 Å². The second-order valence-corrected chi connectivity index (χ2v) is 5.45. The van der Waals surface area contributed by atoms with E-state index in [4.69, 9.17) is 0 Å². The van der Waals surface area contributed by atoms with E-state index in [0.29, 0.717) is 0 Å². The Hall–Kier alpha value is -1.13. The van der Waals surface area contributed by atoms with Gasteiger partial charge in [-0.15, -0.1) is 0 Å². The highest BCUT2D eigenvalue weighted by molar-refractivity contribution is 7.08. The van der Waals surface area contributed by atoms with Gasteiger partial charge in [0.05, 0.1) is 17.4 Å². The van der Waals surface area contributed by atoms with Crippen LogP contribution in [0.1, 0.15) is 50.2 Å². The quantitative estimate of drug-likeness (QED) is 0.838. The monoisotopic (exact) mass is 277 g/mol. The molecule has 2 aromatic heterocycles. The lowest BCUT2D eigenvalue weighted by Crippen LogP contribution is -2.25. The molecule has 0 amide bonds. The summed E-state index contributed by atoms with van der Waals surface area (Å²) in [6, 6.07) is 4.71. The van der Waals surface area contributed by atoms with Crippen molar-refractivity contribution in [2.75, 3.05) is 6.54 Å². The number of nitrogens with zero attached hydrogens (tertiary/aromatic N) is 2. The summed E-state index contributed by atoms with van der Waals surface area (Å²) in [6.07, 6.45) is 2.13. The first-order valence-corrected chi connectivity index (χ1v) is 8.06. The minimum atomic E-state index is 0.263. The van der Waals surface area contributed by atoms with Crippen molar-refractivity contribution in [2.45, 2.75) is 46.2 Å². The van der Waals surface area contributed by atoms with Crippen LogP contribution in [-0.2, 0) is 13.0 Å². The predicted molar refractivity (Wildman–Crippen MR) is 81.7 cm³/mol. The molecule has 0 saturated heterocycles. The van der Waals surface area contributed by atoms with Crippen molar-refractivity contribution in [3.8, 4) is 0 Å². The Kier molecular flexibility index (Phi) is 5.16. The summed E-state index contributed by atoms with van der Waals surface area (Å²) in [5, 5.41) is 12.7. The summed E-state index contributed by atoms with van der Waals surface area (Å²) in [5.41, 5.74) is 3.80. The zero-order valence-corrected chi connectivity index (χ0v) is 12.8. The van der Waals surface area contributed by atoms with Crippen LogP contribution in [-0.4, -0.2) is 16.3 Å². The van der Waals surface area contributed by atoms with E-state index in [2.05, 4.69) is 58.8 Å². The maximum absolute atomic E-state index is 4.67. The standard InChI is InChI=1S/C15H23N3S/c1-4-8-16-15(12-7-9-19-11-12)14-10-13(5-2)17-18(14)6-3/h7,9-11,15-16H,4-6,8H2,1-3H3. The van der Waals surface area contributed by atoms with Crippen molar-refractivity contribution < 1.29 is 0 Å². The fraction of sp³-hybridized carbons (Fsp3) is 0.533. The molecule has 0 spiro atoms. The molecule has 1 N–H and O–H groups in total. The van der Waals surface area contributed by atoms with Gasteiger partial charge in [0, 0.05) is 6.54 Å². The van der Waals surface area contributed by atoms with Crippen LogP contribution in [0.15, 0.2) is 22.9 Å². The predicted octanol–water partition coefficient (Wildman–Crippen LogP) is 3.62. The molecule has 2 rings (SSSR count). The summed E-state index contributed by atoms with van der Waals surface area (Å²) < 4.78 is 2.13. The van der Waals surface area contributed by atoms with Gasteiger partial charge in [-0.1, -0.05) is 13.8 Å². The zero-order valence-electron chi connectivity index (χ0n) is 12.0. The van der Waals surface area contributed by atoms with Gasteiger partial charge in [-0.2, -0.15) is 16.4 Å². The molecule has 3 nitrogen and oxygen atoms in total. The summed E-state index contributed by atoms with van der Waals surface area (Å²) in [6.45, 7) is 8.46. The van der Waals surface area contributed by atoms with E-state index in [9.17, 15) is 0 Å². The van der Waals surface area contributed by atoms with Gasteiger partial charge in [-0.25, -0.2) is 0 Å². The maximum atomic E-state index is 4.67. The Morgan fingerprint density at radius 1 is 1.37 bits per heavy atom. The molecule has 4 heteroatoms. The van der Waals surface area contributed by atoms with Gasteiger partial charge in [-0.05, 0) is 54.8 Å². The van der Waals surface area contributed by atoms with Crippen molar-refractivity contribution in [1.29, 1.82) is 0 Å². The topological polar surface area (TPSA) is 29.9 Å². The van der Waals surface area contributed by atoms with E-state index in [-0.39, 0.29) is 6.04 Å². The number of aryl methyl sites for hydroxylation is 2. The minimum absolute atomic E-state index is 0.263. The lowest BCUT2D eigenvalue weighted by Gasteiger charge is -2.18. The molecule has 0 radical (unpaired) electrons. The van der Waals surface area contributed by atoms with Crippen LogP contribution in [0, 0.1) is 0 Å². The van der Waals surface area contributed by atoms with Gasteiger partial charge >= 0.3 is 0 Å². The first-order chi connectivity index (χ1) is 9.30. The Labute approximate surface area is 119 Å². The molecular weight excluding hydrogens is 254 g/mol. The molecular formula is C15H23N3S. The molecule has 0 aliphatic rings. The fourth-order valence-electron chi connectivity index (χ4n) is 2.27. The van der Waals surface area contributed by atoms with Crippen molar-refractivity contribution in [3.05, 3.63) is 39.8 Å². The fourth-order valence-corrected chi connectivity index (χ4v) is 2.95. The van der Waals surface area contributed by atoms with E-state index in [0.717, 1.165) is 25.9 Å². The van der Waals surface area contributed by atoms with Gasteiger partial charge in [0.25, 0.3) is 0 Å². The smallest absolute Gasteiger partial charge is 0.0756 e. The molecule has 1 atom stereocenters. The van der Waals surface area contributed by atoms with E-state index >= 15 is 0 Å². The van der Waals surface area contributed by atoms with E-state index in [1.54, 1.807) is 11.3 Å². The average molecular weight is 277 g/mol. The molecule has 2 aromatic rings. The SMILES string of the molecule is CCCNC(c1ccsc1)c1cc(CC)nn1CC. The molecule has 1 unspecified atom stereocenters. The second kappa shape index (κ2) is 6.87. The highest BCUT2D eigenvalue weighted by atomic mass is 32.1. The molecule has 19 heavy (non-hydrogen) atoms. The Balaban J connectivity index is 2.34.